The first-order valence-corrected chi connectivity index (χ1v) is 7.96. The molecule has 7 heteroatoms. The standard InChI is InChI=1S/C19H19F2NO4/c1-12(26-19(24)14-9-15(20)11-16(21)10-14)18(23)22-8-7-13-3-5-17(25-2)6-4-13/h3-6,9-12H,7-8H2,1-2H3,(H,22,23)/t12-/m0/s1. The molecule has 0 aromatic heterocycles. The summed E-state index contributed by atoms with van der Waals surface area (Å²) in [6.07, 6.45) is -0.504. The third-order valence-corrected chi connectivity index (χ3v) is 3.62. The van der Waals surface area contributed by atoms with Gasteiger partial charge in [-0.3, -0.25) is 4.79 Å². The van der Waals surface area contributed by atoms with Crippen LogP contribution in [0.25, 0.3) is 0 Å². The number of nitrogens with one attached hydrogen (secondary N) is 1. The van der Waals surface area contributed by atoms with Crippen LogP contribution >= 0.6 is 0 Å². The molecule has 1 N–H and O–H groups in total. The number of benzene rings is 2. The van der Waals surface area contributed by atoms with Crippen LogP contribution in [0.5, 0.6) is 5.75 Å². The Labute approximate surface area is 149 Å². The van der Waals surface area contributed by atoms with Gasteiger partial charge in [0, 0.05) is 12.6 Å². The maximum absolute atomic E-state index is 13.1. The molecule has 26 heavy (non-hydrogen) atoms. The van der Waals surface area contributed by atoms with Gasteiger partial charge in [-0.05, 0) is 43.2 Å². The number of carbonyl (C=O) groups is 2. The molecule has 5 nitrogen and oxygen atoms in total. The molecule has 0 aliphatic carbocycles. The predicted molar refractivity (Wildman–Crippen MR) is 90.9 cm³/mol. The van der Waals surface area contributed by atoms with Gasteiger partial charge in [0.1, 0.15) is 17.4 Å². The molecule has 0 heterocycles. The van der Waals surface area contributed by atoms with Crippen molar-refractivity contribution >= 4 is 11.9 Å². The van der Waals surface area contributed by atoms with E-state index in [9.17, 15) is 18.4 Å². The molecule has 0 aliphatic heterocycles. The second-order valence-corrected chi connectivity index (χ2v) is 5.59. The Balaban J connectivity index is 1.81. The van der Waals surface area contributed by atoms with Crippen molar-refractivity contribution in [1.82, 2.24) is 5.32 Å². The van der Waals surface area contributed by atoms with Gasteiger partial charge >= 0.3 is 5.97 Å². The van der Waals surface area contributed by atoms with E-state index in [4.69, 9.17) is 9.47 Å². The highest BCUT2D eigenvalue weighted by molar-refractivity contribution is 5.92. The van der Waals surface area contributed by atoms with Crippen LogP contribution in [0.1, 0.15) is 22.8 Å². The molecule has 0 saturated carbocycles. The Kier molecular flexibility index (Phi) is 6.66. The number of methoxy groups -OCH3 is 1. The fourth-order valence-electron chi connectivity index (χ4n) is 2.22. The number of carbonyl (C=O) groups excluding carboxylic acids is 2. The maximum Gasteiger partial charge on any atom is 0.339 e. The van der Waals surface area contributed by atoms with Crippen LogP contribution in [0.4, 0.5) is 8.78 Å². The highest BCUT2D eigenvalue weighted by Gasteiger charge is 2.19. The summed E-state index contributed by atoms with van der Waals surface area (Å²) in [6, 6.07) is 9.74. The average molecular weight is 363 g/mol. The average Bonchev–Trinajstić information content (AvgIpc) is 2.61. The fraction of sp³-hybridized carbons (Fsp3) is 0.263. The van der Waals surface area contributed by atoms with Crippen LogP contribution in [0.3, 0.4) is 0 Å². The Morgan fingerprint density at radius 2 is 1.69 bits per heavy atom. The normalized spacial score (nSPS) is 11.5. The van der Waals surface area contributed by atoms with Gasteiger partial charge in [-0.2, -0.15) is 0 Å². The highest BCUT2D eigenvalue weighted by Crippen LogP contribution is 2.12. The molecule has 2 aromatic rings. The Hall–Kier alpha value is -2.96. The van der Waals surface area contributed by atoms with Crippen molar-refractivity contribution in [3.63, 3.8) is 0 Å². The summed E-state index contributed by atoms with van der Waals surface area (Å²) < 4.78 is 36.3. The molecule has 1 amide bonds. The van der Waals surface area contributed by atoms with Crippen molar-refractivity contribution in [1.29, 1.82) is 0 Å². The second-order valence-electron chi connectivity index (χ2n) is 5.59. The number of halogens is 2. The van der Waals surface area contributed by atoms with Crippen molar-refractivity contribution in [2.45, 2.75) is 19.4 Å². The minimum Gasteiger partial charge on any atom is -0.497 e. The Morgan fingerprint density at radius 1 is 1.08 bits per heavy atom. The topological polar surface area (TPSA) is 64.6 Å². The first-order valence-electron chi connectivity index (χ1n) is 7.96. The number of hydrogen-bond acceptors (Lipinski definition) is 4. The van der Waals surface area contributed by atoms with Crippen LogP contribution in [0.15, 0.2) is 42.5 Å². The monoisotopic (exact) mass is 363 g/mol. The molecule has 0 spiro atoms. The summed E-state index contributed by atoms with van der Waals surface area (Å²) in [4.78, 5) is 23.9. The third kappa shape index (κ3) is 5.54. The predicted octanol–water partition coefficient (Wildman–Crippen LogP) is 2.88. The van der Waals surface area contributed by atoms with Gasteiger partial charge in [-0.25, -0.2) is 13.6 Å². The zero-order valence-electron chi connectivity index (χ0n) is 14.4. The number of ether oxygens (including phenoxy) is 2. The van der Waals surface area contributed by atoms with Crippen molar-refractivity contribution < 1.29 is 27.8 Å². The number of rotatable bonds is 7. The number of amides is 1. The van der Waals surface area contributed by atoms with Crippen molar-refractivity contribution in [2.75, 3.05) is 13.7 Å². The van der Waals surface area contributed by atoms with Gasteiger partial charge in [-0.15, -0.1) is 0 Å². The molecular formula is C19H19F2NO4. The summed E-state index contributed by atoms with van der Waals surface area (Å²) >= 11 is 0. The second kappa shape index (κ2) is 8.94. The highest BCUT2D eigenvalue weighted by atomic mass is 19.1. The first-order chi connectivity index (χ1) is 12.4. The lowest BCUT2D eigenvalue weighted by molar-refractivity contribution is -0.129. The van der Waals surface area contributed by atoms with Crippen molar-refractivity contribution in [3.05, 3.63) is 65.2 Å². The lowest BCUT2D eigenvalue weighted by atomic mass is 10.1. The number of hydrogen-bond donors (Lipinski definition) is 1. The quantitative estimate of drug-likeness (QED) is 0.769. The van der Waals surface area contributed by atoms with Crippen LogP contribution in [0.2, 0.25) is 0 Å². The van der Waals surface area contributed by atoms with Crippen molar-refractivity contribution in [3.8, 4) is 5.75 Å². The lowest BCUT2D eigenvalue weighted by Crippen LogP contribution is -2.36. The van der Waals surface area contributed by atoms with Gasteiger partial charge in [0.15, 0.2) is 6.10 Å². The van der Waals surface area contributed by atoms with Gasteiger partial charge < -0.3 is 14.8 Å². The van der Waals surface area contributed by atoms with E-state index in [1.165, 1.54) is 6.92 Å². The minimum absolute atomic E-state index is 0.291. The summed E-state index contributed by atoms with van der Waals surface area (Å²) in [6.45, 7) is 1.73. The molecule has 0 bridgehead atoms. The SMILES string of the molecule is COc1ccc(CCNC(=O)[C@H](C)OC(=O)c2cc(F)cc(F)c2)cc1. The van der Waals surface area contributed by atoms with E-state index in [1.807, 2.05) is 24.3 Å². The van der Waals surface area contributed by atoms with E-state index >= 15 is 0 Å². The molecule has 138 valence electrons. The molecule has 0 unspecified atom stereocenters. The summed E-state index contributed by atoms with van der Waals surface area (Å²) in [5.74, 6) is -2.51. The molecule has 0 saturated heterocycles. The van der Waals surface area contributed by atoms with Crippen LogP contribution in [-0.4, -0.2) is 31.6 Å². The summed E-state index contributed by atoms with van der Waals surface area (Å²) in [7, 11) is 1.58. The molecule has 0 aliphatic rings. The molecule has 2 aromatic carbocycles. The molecular weight excluding hydrogens is 344 g/mol. The molecule has 0 radical (unpaired) electrons. The van der Waals surface area contributed by atoms with E-state index in [-0.39, 0.29) is 5.56 Å². The van der Waals surface area contributed by atoms with E-state index in [0.717, 1.165) is 23.4 Å². The third-order valence-electron chi connectivity index (χ3n) is 3.62. The van der Waals surface area contributed by atoms with Gasteiger partial charge in [-0.1, -0.05) is 12.1 Å². The van der Waals surface area contributed by atoms with Gasteiger partial charge in [0.2, 0.25) is 0 Å². The Bertz CT molecular complexity index is 757. The van der Waals surface area contributed by atoms with Crippen LogP contribution in [-0.2, 0) is 16.0 Å². The lowest BCUT2D eigenvalue weighted by Gasteiger charge is -2.13. The van der Waals surface area contributed by atoms with E-state index in [2.05, 4.69) is 5.32 Å². The minimum atomic E-state index is -1.09. The van der Waals surface area contributed by atoms with E-state index in [1.54, 1.807) is 7.11 Å². The smallest absolute Gasteiger partial charge is 0.339 e. The molecule has 1 atom stereocenters. The summed E-state index contributed by atoms with van der Waals surface area (Å²) in [5, 5.41) is 2.64. The zero-order chi connectivity index (χ0) is 19.1. The molecule has 2 rings (SSSR count). The van der Waals surface area contributed by atoms with Crippen LogP contribution in [0, 0.1) is 11.6 Å². The van der Waals surface area contributed by atoms with Gasteiger partial charge in [0.25, 0.3) is 5.91 Å². The zero-order valence-corrected chi connectivity index (χ0v) is 14.4. The van der Waals surface area contributed by atoms with E-state index in [0.29, 0.717) is 19.0 Å². The van der Waals surface area contributed by atoms with Crippen molar-refractivity contribution in [2.24, 2.45) is 0 Å². The Morgan fingerprint density at radius 3 is 2.27 bits per heavy atom. The first kappa shape index (κ1) is 19.4. The van der Waals surface area contributed by atoms with Crippen LogP contribution < -0.4 is 10.1 Å². The summed E-state index contributed by atoms with van der Waals surface area (Å²) in [5.41, 5.74) is 0.714. The molecule has 0 fully saturated rings. The van der Waals surface area contributed by atoms with Gasteiger partial charge in [0.05, 0.1) is 12.7 Å². The van der Waals surface area contributed by atoms with E-state index < -0.39 is 29.6 Å². The largest absolute Gasteiger partial charge is 0.497 e. The maximum atomic E-state index is 13.1. The number of esters is 1. The fourth-order valence-corrected chi connectivity index (χ4v) is 2.22.